The second kappa shape index (κ2) is 35.7. The Kier molecular flexibility index (Phi) is 32.1. The summed E-state index contributed by atoms with van der Waals surface area (Å²) >= 11 is 0. The second-order valence-corrected chi connectivity index (χ2v) is 18.4. The number of esters is 2. The third-order valence-corrected chi connectivity index (χ3v) is 12.2. The molecule has 0 bridgehead atoms. The highest BCUT2D eigenvalue weighted by Crippen LogP contribution is 2.47. The number of phosphoric ester groups is 1. The Labute approximate surface area is 383 Å². The van der Waals surface area contributed by atoms with Crippen LogP contribution in [0.15, 0.2) is 60.8 Å². The van der Waals surface area contributed by atoms with E-state index in [1.54, 1.807) is 0 Å². The fourth-order valence-electron chi connectivity index (χ4n) is 7.22. The van der Waals surface area contributed by atoms with E-state index in [0.717, 1.165) is 89.9 Å². The van der Waals surface area contributed by atoms with Crippen molar-refractivity contribution in [2.75, 3.05) is 13.2 Å². The Morgan fingerprint density at radius 3 is 1.62 bits per heavy atom. The van der Waals surface area contributed by atoms with Gasteiger partial charge in [0.15, 0.2) is 6.10 Å². The van der Waals surface area contributed by atoms with E-state index in [-0.39, 0.29) is 12.8 Å². The molecule has 5 unspecified atom stereocenters. The van der Waals surface area contributed by atoms with E-state index in [0.29, 0.717) is 25.0 Å². The van der Waals surface area contributed by atoms with Crippen LogP contribution in [0.5, 0.6) is 0 Å². The SMILES string of the molecule is CCCCC/C=C\C/C=C\C/C=C\C/C=C\CCCCCC(=O)OC[C@H](COP(=O)(O)OC1[C@H](O)[C@H](O)C(O)[C@H](O)[C@H]1O)OC(=O)CCCCCCC/C=C\CC1OC1CCCCC. The Bertz CT molecular complexity index is 1420. The summed E-state index contributed by atoms with van der Waals surface area (Å²) in [6.45, 7) is 3.19. The molecule has 15 heteroatoms. The molecule has 1 heterocycles. The van der Waals surface area contributed by atoms with Crippen molar-refractivity contribution in [3.05, 3.63) is 60.8 Å². The minimum Gasteiger partial charge on any atom is -0.462 e. The molecule has 10 atom stereocenters. The molecule has 0 spiro atoms. The number of rotatable bonds is 38. The van der Waals surface area contributed by atoms with Gasteiger partial charge < -0.3 is 44.6 Å². The quantitative estimate of drug-likeness (QED) is 0.0112. The van der Waals surface area contributed by atoms with E-state index in [9.17, 15) is 44.6 Å². The Hall–Kier alpha value is -2.49. The van der Waals surface area contributed by atoms with Gasteiger partial charge in [-0.05, 0) is 83.5 Å². The van der Waals surface area contributed by atoms with Crippen LogP contribution in [0.1, 0.15) is 168 Å². The minimum absolute atomic E-state index is 0.0659. The highest BCUT2D eigenvalue weighted by Gasteiger charge is 2.51. The van der Waals surface area contributed by atoms with Gasteiger partial charge >= 0.3 is 19.8 Å². The van der Waals surface area contributed by atoms with Crippen LogP contribution in [-0.4, -0.2) is 111 Å². The van der Waals surface area contributed by atoms with Gasteiger partial charge in [0, 0.05) is 12.8 Å². The summed E-state index contributed by atoms with van der Waals surface area (Å²) in [6, 6.07) is 0. The van der Waals surface area contributed by atoms with Gasteiger partial charge in [0.25, 0.3) is 0 Å². The lowest BCUT2D eigenvalue weighted by Gasteiger charge is -2.41. The van der Waals surface area contributed by atoms with Crippen molar-refractivity contribution in [2.45, 2.75) is 223 Å². The Morgan fingerprint density at radius 1 is 0.562 bits per heavy atom. The minimum atomic E-state index is -5.14. The molecule has 6 N–H and O–H groups in total. The summed E-state index contributed by atoms with van der Waals surface area (Å²) in [5, 5.41) is 50.2. The van der Waals surface area contributed by atoms with Gasteiger partial charge in [-0.1, -0.05) is 132 Å². The van der Waals surface area contributed by atoms with Crippen LogP contribution in [-0.2, 0) is 37.4 Å². The average molecular weight is 927 g/mol. The van der Waals surface area contributed by atoms with Crippen LogP contribution < -0.4 is 0 Å². The second-order valence-electron chi connectivity index (χ2n) is 17.0. The predicted octanol–water partition coefficient (Wildman–Crippen LogP) is 8.71. The third kappa shape index (κ3) is 27.2. The van der Waals surface area contributed by atoms with E-state index in [2.05, 4.69) is 74.6 Å². The van der Waals surface area contributed by atoms with Gasteiger partial charge in [0.05, 0.1) is 18.8 Å². The molecule has 0 aromatic carbocycles. The van der Waals surface area contributed by atoms with Crippen LogP contribution in [0, 0.1) is 0 Å². The van der Waals surface area contributed by atoms with Gasteiger partial charge in [-0.3, -0.25) is 18.6 Å². The highest BCUT2D eigenvalue weighted by atomic mass is 31.2. The molecule has 2 aliphatic rings. The number of phosphoric acid groups is 1. The lowest BCUT2D eigenvalue weighted by atomic mass is 9.85. The molecule has 0 aromatic rings. The first-order valence-electron chi connectivity index (χ1n) is 24.2. The molecular weight excluding hydrogens is 843 g/mol. The zero-order valence-corrected chi connectivity index (χ0v) is 39.6. The van der Waals surface area contributed by atoms with Gasteiger partial charge in [-0.2, -0.15) is 0 Å². The predicted molar refractivity (Wildman–Crippen MR) is 248 cm³/mol. The molecule has 368 valence electrons. The number of ether oxygens (including phenoxy) is 3. The zero-order valence-electron chi connectivity index (χ0n) is 38.8. The van der Waals surface area contributed by atoms with Crippen molar-refractivity contribution in [3.8, 4) is 0 Å². The fraction of sp³-hybridized carbons (Fsp3) is 0.755. The smallest absolute Gasteiger partial charge is 0.462 e. The summed E-state index contributed by atoms with van der Waals surface area (Å²) in [7, 11) is -5.14. The van der Waals surface area contributed by atoms with Crippen LogP contribution in [0.2, 0.25) is 0 Å². The van der Waals surface area contributed by atoms with E-state index >= 15 is 0 Å². The molecule has 2 rings (SSSR count). The molecule has 1 saturated heterocycles. The van der Waals surface area contributed by atoms with Crippen molar-refractivity contribution in [1.82, 2.24) is 0 Å². The van der Waals surface area contributed by atoms with E-state index in [1.165, 1.54) is 38.5 Å². The number of hydrogen-bond donors (Lipinski definition) is 6. The average Bonchev–Trinajstić information content (AvgIpc) is 4.03. The molecule has 1 saturated carbocycles. The number of allylic oxidation sites excluding steroid dienone is 9. The Morgan fingerprint density at radius 2 is 1.03 bits per heavy atom. The van der Waals surface area contributed by atoms with Gasteiger partial charge in [-0.15, -0.1) is 0 Å². The van der Waals surface area contributed by atoms with E-state index < -0.39 is 75.7 Å². The Balaban J connectivity index is 1.71. The lowest BCUT2D eigenvalue weighted by molar-refractivity contribution is -0.220. The fourth-order valence-corrected chi connectivity index (χ4v) is 8.19. The molecule has 0 radical (unpaired) electrons. The summed E-state index contributed by atoms with van der Waals surface area (Å²) in [5.41, 5.74) is 0. The molecule has 0 amide bonds. The molecular formula is C49H83O14P. The molecule has 14 nitrogen and oxygen atoms in total. The maximum atomic E-state index is 12.8. The van der Waals surface area contributed by atoms with Crippen molar-refractivity contribution >= 4 is 19.8 Å². The van der Waals surface area contributed by atoms with Gasteiger partial charge in [-0.25, -0.2) is 4.57 Å². The molecule has 1 aliphatic carbocycles. The first-order chi connectivity index (χ1) is 30.9. The number of carbonyl (C=O) groups is 2. The topological polar surface area (TPSA) is 222 Å². The largest absolute Gasteiger partial charge is 0.472 e. The van der Waals surface area contributed by atoms with E-state index in [1.807, 2.05) is 0 Å². The molecule has 0 aromatic heterocycles. The maximum absolute atomic E-state index is 12.8. The first-order valence-corrected chi connectivity index (χ1v) is 25.7. The van der Waals surface area contributed by atoms with E-state index in [4.69, 9.17) is 23.3 Å². The summed E-state index contributed by atoms with van der Waals surface area (Å²) < 4.78 is 39.3. The number of epoxide rings is 1. The molecule has 1 aliphatic heterocycles. The first kappa shape index (κ1) is 57.6. The van der Waals surface area contributed by atoms with Crippen LogP contribution in [0.4, 0.5) is 0 Å². The molecule has 64 heavy (non-hydrogen) atoms. The summed E-state index contributed by atoms with van der Waals surface area (Å²) in [4.78, 5) is 35.8. The highest BCUT2D eigenvalue weighted by molar-refractivity contribution is 7.47. The standard InChI is InChI=1S/C49H83O14P/c1-3-5-7-8-9-10-11-12-13-14-15-16-17-18-19-20-24-27-31-35-42(50)59-37-39(38-60-64(57,58)63-49-47(55)45(53)44(52)46(54)48(49)56)61-43(51)36-32-28-25-22-21-23-26-30-34-41-40(62-41)33-29-6-4-2/h9-10,12-13,15-16,18-19,26,30,39-41,44-49,52-56H,3-8,11,14,17,20-25,27-29,31-38H2,1-2H3,(H,57,58)/b10-9-,13-12-,16-15-,19-18-,30-26-/t39-,40?,41?,44?,45-,46+,47-,48-,49?/m1/s1. The van der Waals surface area contributed by atoms with Crippen molar-refractivity contribution in [2.24, 2.45) is 0 Å². The normalized spacial score (nSPS) is 25.2. The summed E-state index contributed by atoms with van der Waals surface area (Å²) in [6.07, 6.45) is 31.5. The van der Waals surface area contributed by atoms with Crippen molar-refractivity contribution < 1.29 is 67.8 Å². The van der Waals surface area contributed by atoms with Crippen LogP contribution in [0.25, 0.3) is 0 Å². The van der Waals surface area contributed by atoms with Crippen LogP contribution >= 0.6 is 7.82 Å². The summed E-state index contributed by atoms with van der Waals surface area (Å²) in [5.74, 6) is -1.16. The maximum Gasteiger partial charge on any atom is 0.472 e. The van der Waals surface area contributed by atoms with Crippen LogP contribution in [0.3, 0.4) is 0 Å². The number of carbonyl (C=O) groups excluding carboxylic acids is 2. The lowest BCUT2D eigenvalue weighted by Crippen LogP contribution is -2.64. The molecule has 2 fully saturated rings. The van der Waals surface area contributed by atoms with Gasteiger partial charge in [0.1, 0.15) is 43.2 Å². The van der Waals surface area contributed by atoms with Crippen molar-refractivity contribution in [1.29, 1.82) is 0 Å². The number of unbranched alkanes of at least 4 members (excludes halogenated alkanes) is 13. The number of hydrogen-bond acceptors (Lipinski definition) is 13. The zero-order chi connectivity index (χ0) is 46.8. The third-order valence-electron chi connectivity index (χ3n) is 11.3. The van der Waals surface area contributed by atoms with Gasteiger partial charge in [0.2, 0.25) is 0 Å². The van der Waals surface area contributed by atoms with Crippen molar-refractivity contribution in [3.63, 3.8) is 0 Å². The number of aliphatic hydroxyl groups excluding tert-OH is 5. The number of aliphatic hydroxyl groups is 5. The monoisotopic (exact) mass is 927 g/mol.